The molecule has 0 spiro atoms. The molecule has 0 bridgehead atoms. The topological polar surface area (TPSA) is 51.0 Å². The van der Waals surface area contributed by atoms with E-state index in [0.29, 0.717) is 5.75 Å². The smallest absolute Gasteiger partial charge is 0.237 e. The van der Waals surface area contributed by atoms with Crippen LogP contribution in [0.5, 0.6) is 0 Å². The molecule has 0 aliphatic carbocycles. The number of hydrogen-bond acceptors (Lipinski definition) is 4. The zero-order valence-corrected chi connectivity index (χ0v) is 15.1. The van der Waals surface area contributed by atoms with Gasteiger partial charge in [0, 0.05) is 24.8 Å². The van der Waals surface area contributed by atoms with E-state index >= 15 is 0 Å². The molecule has 3 rings (SSSR count). The number of rotatable bonds is 6. The maximum atomic E-state index is 12.4. The Morgan fingerprint density at radius 1 is 1.04 bits per heavy atom. The van der Waals surface area contributed by atoms with E-state index < -0.39 is 0 Å². The zero-order chi connectivity index (χ0) is 17.6. The highest BCUT2D eigenvalue weighted by molar-refractivity contribution is 7.99. The lowest BCUT2D eigenvalue weighted by atomic mass is 10.2. The van der Waals surface area contributed by atoms with Gasteiger partial charge in [0.1, 0.15) is 0 Å². The Kier molecular flexibility index (Phi) is 5.50. The van der Waals surface area contributed by atoms with E-state index in [1.54, 1.807) is 11.9 Å². The number of para-hydroxylation sites is 1. The van der Waals surface area contributed by atoms with Crippen molar-refractivity contribution >= 4 is 23.4 Å². The summed E-state index contributed by atoms with van der Waals surface area (Å²) in [6.07, 6.45) is 0. The molecule has 0 fully saturated rings. The van der Waals surface area contributed by atoms with Crippen molar-refractivity contribution in [3.8, 4) is 11.4 Å². The van der Waals surface area contributed by atoms with E-state index in [4.69, 9.17) is 0 Å². The molecular weight excluding hydrogens is 332 g/mol. The molecule has 0 aliphatic heterocycles. The van der Waals surface area contributed by atoms with Gasteiger partial charge in [-0.2, -0.15) is 0 Å². The van der Waals surface area contributed by atoms with Crippen LogP contribution in [0.3, 0.4) is 0 Å². The van der Waals surface area contributed by atoms with E-state index in [1.807, 2.05) is 65.2 Å². The highest BCUT2D eigenvalue weighted by atomic mass is 32.2. The number of benzene rings is 2. The Morgan fingerprint density at radius 2 is 1.68 bits per heavy atom. The number of nitrogens with zero attached hydrogens (tertiary/aromatic N) is 4. The van der Waals surface area contributed by atoms with Crippen molar-refractivity contribution in [1.29, 1.82) is 0 Å². The van der Waals surface area contributed by atoms with Gasteiger partial charge in [0.05, 0.1) is 5.75 Å². The highest BCUT2D eigenvalue weighted by Gasteiger charge is 2.16. The van der Waals surface area contributed by atoms with E-state index in [-0.39, 0.29) is 5.91 Å². The van der Waals surface area contributed by atoms with Gasteiger partial charge in [0.15, 0.2) is 11.0 Å². The predicted octanol–water partition coefficient (Wildman–Crippen LogP) is 3.72. The van der Waals surface area contributed by atoms with Gasteiger partial charge < -0.3 is 9.47 Å². The van der Waals surface area contributed by atoms with Crippen LogP contribution in [-0.4, -0.2) is 33.5 Å². The first-order chi connectivity index (χ1) is 12.2. The van der Waals surface area contributed by atoms with Gasteiger partial charge in [-0.3, -0.25) is 4.79 Å². The van der Waals surface area contributed by atoms with Gasteiger partial charge >= 0.3 is 0 Å². The third kappa shape index (κ3) is 3.91. The molecule has 25 heavy (non-hydrogen) atoms. The van der Waals surface area contributed by atoms with Gasteiger partial charge in [-0.05, 0) is 19.1 Å². The molecule has 3 aromatic rings. The van der Waals surface area contributed by atoms with E-state index in [2.05, 4.69) is 17.1 Å². The maximum absolute atomic E-state index is 12.4. The van der Waals surface area contributed by atoms with Gasteiger partial charge in [-0.15, -0.1) is 10.2 Å². The number of carbonyl (C=O) groups is 1. The van der Waals surface area contributed by atoms with Crippen molar-refractivity contribution in [3.05, 3.63) is 60.7 Å². The third-order valence-electron chi connectivity index (χ3n) is 3.91. The number of anilines is 1. The number of aromatic nitrogens is 3. The molecule has 0 aliphatic rings. The molecule has 0 saturated carbocycles. The van der Waals surface area contributed by atoms with Crippen LogP contribution >= 0.6 is 11.8 Å². The minimum absolute atomic E-state index is 0.0307. The molecule has 0 unspecified atom stereocenters. The molecule has 0 saturated heterocycles. The Labute approximate surface area is 151 Å². The molecule has 2 aromatic carbocycles. The first-order valence-corrected chi connectivity index (χ1v) is 9.12. The fraction of sp³-hybridized carbons (Fsp3) is 0.211. The van der Waals surface area contributed by atoms with Crippen LogP contribution in [0.2, 0.25) is 0 Å². The normalized spacial score (nSPS) is 10.6. The molecule has 0 atom stereocenters. The molecule has 6 heteroatoms. The van der Waals surface area contributed by atoms with Crippen LogP contribution in [0.4, 0.5) is 5.69 Å². The predicted molar refractivity (Wildman–Crippen MR) is 102 cm³/mol. The third-order valence-corrected chi connectivity index (χ3v) is 4.86. The standard InChI is InChI=1S/C19H20N4OS/c1-3-23-18(15-10-6-4-7-11-15)20-21-19(23)25-14-17(24)22(2)16-12-8-5-9-13-16/h4-13H,3,14H2,1-2H3. The summed E-state index contributed by atoms with van der Waals surface area (Å²) in [4.78, 5) is 14.1. The average molecular weight is 352 g/mol. The Hall–Kier alpha value is -2.60. The average Bonchev–Trinajstić information content (AvgIpc) is 3.09. The second-order valence-electron chi connectivity index (χ2n) is 5.49. The lowest BCUT2D eigenvalue weighted by Crippen LogP contribution is -2.27. The minimum atomic E-state index is 0.0307. The van der Waals surface area contributed by atoms with Crippen molar-refractivity contribution in [3.63, 3.8) is 0 Å². The summed E-state index contributed by atoms with van der Waals surface area (Å²) in [6, 6.07) is 19.6. The van der Waals surface area contributed by atoms with Crippen LogP contribution < -0.4 is 4.90 Å². The number of thioether (sulfide) groups is 1. The highest BCUT2D eigenvalue weighted by Crippen LogP contribution is 2.24. The molecule has 5 nitrogen and oxygen atoms in total. The van der Waals surface area contributed by atoms with Crippen LogP contribution in [0.15, 0.2) is 65.8 Å². The SMILES string of the molecule is CCn1c(SCC(=O)N(C)c2ccccc2)nnc1-c1ccccc1. The number of amides is 1. The molecule has 1 heterocycles. The summed E-state index contributed by atoms with van der Waals surface area (Å²) < 4.78 is 2.04. The van der Waals surface area contributed by atoms with Crippen molar-refractivity contribution in [2.24, 2.45) is 0 Å². The summed E-state index contributed by atoms with van der Waals surface area (Å²) in [5, 5.41) is 9.34. The van der Waals surface area contributed by atoms with Crippen molar-refractivity contribution in [2.45, 2.75) is 18.6 Å². The first-order valence-electron chi connectivity index (χ1n) is 8.13. The van der Waals surface area contributed by atoms with Gasteiger partial charge in [-0.25, -0.2) is 0 Å². The van der Waals surface area contributed by atoms with Crippen LogP contribution in [0.1, 0.15) is 6.92 Å². The maximum Gasteiger partial charge on any atom is 0.237 e. The van der Waals surface area contributed by atoms with E-state index in [1.165, 1.54) is 11.8 Å². The Morgan fingerprint density at radius 3 is 2.32 bits per heavy atom. The van der Waals surface area contributed by atoms with Crippen LogP contribution in [0.25, 0.3) is 11.4 Å². The fourth-order valence-corrected chi connectivity index (χ4v) is 3.42. The number of carbonyl (C=O) groups excluding carboxylic acids is 1. The molecule has 128 valence electrons. The van der Waals surface area contributed by atoms with Crippen molar-refractivity contribution in [1.82, 2.24) is 14.8 Å². The number of hydrogen-bond donors (Lipinski definition) is 0. The summed E-state index contributed by atoms with van der Waals surface area (Å²) >= 11 is 1.42. The quantitative estimate of drug-likeness (QED) is 0.635. The zero-order valence-electron chi connectivity index (χ0n) is 14.3. The second-order valence-corrected chi connectivity index (χ2v) is 6.44. The molecular formula is C19H20N4OS. The van der Waals surface area contributed by atoms with Crippen LogP contribution in [0, 0.1) is 0 Å². The summed E-state index contributed by atoms with van der Waals surface area (Å²) in [7, 11) is 1.79. The second kappa shape index (κ2) is 7.98. The summed E-state index contributed by atoms with van der Waals surface area (Å²) in [5.41, 5.74) is 1.91. The van der Waals surface area contributed by atoms with E-state index in [0.717, 1.165) is 28.8 Å². The molecule has 0 radical (unpaired) electrons. The molecule has 0 N–H and O–H groups in total. The monoisotopic (exact) mass is 352 g/mol. The summed E-state index contributed by atoms with van der Waals surface area (Å²) in [6.45, 7) is 2.81. The lowest BCUT2D eigenvalue weighted by molar-refractivity contribution is -0.115. The molecule has 1 aromatic heterocycles. The fourth-order valence-electron chi connectivity index (χ4n) is 2.50. The Balaban J connectivity index is 1.71. The van der Waals surface area contributed by atoms with Gasteiger partial charge in [0.2, 0.25) is 5.91 Å². The summed E-state index contributed by atoms with van der Waals surface area (Å²) in [5.74, 6) is 1.18. The first kappa shape index (κ1) is 17.2. The largest absolute Gasteiger partial charge is 0.315 e. The van der Waals surface area contributed by atoms with Crippen molar-refractivity contribution in [2.75, 3.05) is 17.7 Å². The Bertz CT molecular complexity index is 833. The van der Waals surface area contributed by atoms with Gasteiger partial charge in [-0.1, -0.05) is 60.3 Å². The van der Waals surface area contributed by atoms with E-state index in [9.17, 15) is 4.79 Å². The molecule has 1 amide bonds. The minimum Gasteiger partial charge on any atom is -0.315 e. The lowest BCUT2D eigenvalue weighted by Gasteiger charge is -2.16. The van der Waals surface area contributed by atoms with Crippen molar-refractivity contribution < 1.29 is 4.79 Å². The van der Waals surface area contributed by atoms with Crippen LogP contribution in [-0.2, 0) is 11.3 Å². The van der Waals surface area contributed by atoms with Gasteiger partial charge in [0.25, 0.3) is 0 Å².